The first-order valence-corrected chi connectivity index (χ1v) is 8.35. The van der Waals surface area contributed by atoms with Gasteiger partial charge < -0.3 is 14.8 Å². The van der Waals surface area contributed by atoms with Gasteiger partial charge in [-0.2, -0.15) is 0 Å². The summed E-state index contributed by atoms with van der Waals surface area (Å²) in [4.78, 5) is 22.0. The molecule has 1 N–H and O–H groups in total. The average molecular weight is 338 g/mol. The van der Waals surface area contributed by atoms with Crippen molar-refractivity contribution in [2.45, 2.75) is 39.0 Å². The van der Waals surface area contributed by atoms with Gasteiger partial charge in [0, 0.05) is 32.2 Å². The Morgan fingerprint density at radius 1 is 1.17 bits per heavy atom. The molecule has 0 aliphatic carbocycles. The summed E-state index contributed by atoms with van der Waals surface area (Å²) in [6, 6.07) is 6.21. The summed E-state index contributed by atoms with van der Waals surface area (Å²) in [7, 11) is 0. The van der Waals surface area contributed by atoms with Crippen LogP contribution in [0.25, 0.3) is 0 Å². The fourth-order valence-corrected chi connectivity index (χ4v) is 1.98. The zero-order valence-corrected chi connectivity index (χ0v) is 14.2. The second-order valence-electron chi connectivity index (χ2n) is 5.35. The first-order chi connectivity index (χ1) is 11.6. The zero-order chi connectivity index (χ0) is 17.6. The SMILES string of the molecule is CCCCOCCCNC(=O)CCCOc1ccccc1[N+](=O)[O-]. The molecule has 0 aliphatic heterocycles. The number of para-hydroxylation sites is 2. The molecular weight excluding hydrogens is 312 g/mol. The van der Waals surface area contributed by atoms with Crippen LogP contribution in [0.1, 0.15) is 39.0 Å². The van der Waals surface area contributed by atoms with Gasteiger partial charge in [-0.05, 0) is 25.3 Å². The van der Waals surface area contributed by atoms with E-state index in [1.54, 1.807) is 18.2 Å². The predicted octanol–water partition coefficient (Wildman–Crippen LogP) is 3.08. The molecule has 0 aromatic heterocycles. The molecular formula is C17H26N2O5. The predicted molar refractivity (Wildman–Crippen MR) is 91.2 cm³/mol. The van der Waals surface area contributed by atoms with Crippen molar-refractivity contribution in [3.05, 3.63) is 34.4 Å². The van der Waals surface area contributed by atoms with Crippen LogP contribution in [0.2, 0.25) is 0 Å². The normalized spacial score (nSPS) is 10.4. The van der Waals surface area contributed by atoms with E-state index >= 15 is 0 Å². The first-order valence-electron chi connectivity index (χ1n) is 8.35. The highest BCUT2D eigenvalue weighted by atomic mass is 16.6. The molecule has 0 radical (unpaired) electrons. The van der Waals surface area contributed by atoms with Crippen LogP contribution in [-0.4, -0.2) is 37.2 Å². The number of nitro benzene ring substituents is 1. The van der Waals surface area contributed by atoms with Gasteiger partial charge in [-0.3, -0.25) is 14.9 Å². The molecule has 1 rings (SSSR count). The van der Waals surface area contributed by atoms with Gasteiger partial charge in [-0.25, -0.2) is 0 Å². The van der Waals surface area contributed by atoms with E-state index in [-0.39, 0.29) is 24.0 Å². The maximum atomic E-state index is 11.6. The number of hydrogen-bond acceptors (Lipinski definition) is 5. The summed E-state index contributed by atoms with van der Waals surface area (Å²) in [6.45, 7) is 4.39. The maximum Gasteiger partial charge on any atom is 0.310 e. The number of benzene rings is 1. The van der Waals surface area contributed by atoms with Gasteiger partial charge in [0.1, 0.15) is 0 Å². The van der Waals surface area contributed by atoms with E-state index in [2.05, 4.69) is 12.2 Å². The summed E-state index contributed by atoms with van der Waals surface area (Å²) < 4.78 is 10.8. The highest BCUT2D eigenvalue weighted by Crippen LogP contribution is 2.25. The molecule has 0 unspecified atom stereocenters. The Labute approximate surface area is 142 Å². The Morgan fingerprint density at radius 3 is 2.67 bits per heavy atom. The van der Waals surface area contributed by atoms with Crippen molar-refractivity contribution in [3.63, 3.8) is 0 Å². The Bertz CT molecular complexity index is 508. The van der Waals surface area contributed by atoms with Crippen molar-refractivity contribution in [2.75, 3.05) is 26.4 Å². The summed E-state index contributed by atoms with van der Waals surface area (Å²) in [5.74, 6) is 0.182. The topological polar surface area (TPSA) is 90.7 Å². The van der Waals surface area contributed by atoms with Gasteiger partial charge in [-0.15, -0.1) is 0 Å². The van der Waals surface area contributed by atoms with Gasteiger partial charge in [-0.1, -0.05) is 25.5 Å². The van der Waals surface area contributed by atoms with E-state index in [4.69, 9.17) is 9.47 Å². The lowest BCUT2D eigenvalue weighted by molar-refractivity contribution is -0.385. The first kappa shape index (κ1) is 19.9. The van der Waals surface area contributed by atoms with E-state index in [0.717, 1.165) is 25.9 Å². The van der Waals surface area contributed by atoms with Crippen molar-refractivity contribution in [1.82, 2.24) is 5.32 Å². The summed E-state index contributed by atoms with van der Waals surface area (Å²) >= 11 is 0. The van der Waals surface area contributed by atoms with Crippen LogP contribution in [0.4, 0.5) is 5.69 Å². The number of carbonyl (C=O) groups excluding carboxylic acids is 1. The molecule has 7 nitrogen and oxygen atoms in total. The Kier molecular flexibility index (Phi) is 10.2. The largest absolute Gasteiger partial charge is 0.487 e. The van der Waals surface area contributed by atoms with Gasteiger partial charge in [0.25, 0.3) is 0 Å². The number of ether oxygens (including phenoxy) is 2. The Hall–Kier alpha value is -2.15. The summed E-state index contributed by atoms with van der Waals surface area (Å²) in [5, 5.41) is 13.7. The Balaban J connectivity index is 2.09. The maximum absolute atomic E-state index is 11.6. The number of hydrogen-bond donors (Lipinski definition) is 1. The molecule has 0 bridgehead atoms. The fourth-order valence-electron chi connectivity index (χ4n) is 1.98. The number of nitrogens with zero attached hydrogens (tertiary/aromatic N) is 1. The minimum Gasteiger partial charge on any atom is -0.487 e. The molecule has 0 fully saturated rings. The molecule has 0 aliphatic rings. The van der Waals surface area contributed by atoms with Crippen LogP contribution < -0.4 is 10.1 Å². The van der Waals surface area contributed by atoms with Crippen molar-refractivity contribution >= 4 is 11.6 Å². The van der Waals surface area contributed by atoms with E-state index in [9.17, 15) is 14.9 Å². The number of nitro groups is 1. The molecule has 24 heavy (non-hydrogen) atoms. The fraction of sp³-hybridized carbons (Fsp3) is 0.588. The van der Waals surface area contributed by atoms with Crippen LogP contribution in [-0.2, 0) is 9.53 Å². The minimum atomic E-state index is -0.482. The second-order valence-corrected chi connectivity index (χ2v) is 5.35. The third-order valence-electron chi connectivity index (χ3n) is 3.30. The van der Waals surface area contributed by atoms with Crippen LogP contribution in [0.3, 0.4) is 0 Å². The van der Waals surface area contributed by atoms with Crippen molar-refractivity contribution in [2.24, 2.45) is 0 Å². The second kappa shape index (κ2) is 12.3. The van der Waals surface area contributed by atoms with E-state index in [0.29, 0.717) is 26.0 Å². The highest BCUT2D eigenvalue weighted by molar-refractivity contribution is 5.75. The van der Waals surface area contributed by atoms with E-state index in [1.165, 1.54) is 6.07 Å². The van der Waals surface area contributed by atoms with Gasteiger partial charge in [0.2, 0.25) is 5.91 Å². The molecule has 134 valence electrons. The number of unbranched alkanes of at least 4 members (excludes halogenated alkanes) is 1. The smallest absolute Gasteiger partial charge is 0.310 e. The molecule has 0 spiro atoms. The summed E-state index contributed by atoms with van der Waals surface area (Å²) in [6.07, 6.45) is 3.81. The van der Waals surface area contributed by atoms with Crippen LogP contribution in [0.5, 0.6) is 5.75 Å². The Morgan fingerprint density at radius 2 is 1.92 bits per heavy atom. The van der Waals surface area contributed by atoms with Crippen LogP contribution in [0.15, 0.2) is 24.3 Å². The van der Waals surface area contributed by atoms with E-state index < -0.39 is 4.92 Å². The molecule has 0 saturated heterocycles. The lowest BCUT2D eigenvalue weighted by Crippen LogP contribution is -2.25. The van der Waals surface area contributed by atoms with E-state index in [1.807, 2.05) is 0 Å². The lowest BCUT2D eigenvalue weighted by Gasteiger charge is -2.07. The average Bonchev–Trinajstić information content (AvgIpc) is 2.58. The highest BCUT2D eigenvalue weighted by Gasteiger charge is 2.13. The molecule has 1 aromatic rings. The van der Waals surface area contributed by atoms with Crippen LogP contribution >= 0.6 is 0 Å². The van der Waals surface area contributed by atoms with Crippen LogP contribution in [0, 0.1) is 10.1 Å². The standard InChI is InChI=1S/C17H26N2O5/c1-2-3-12-23-13-7-11-18-17(20)10-6-14-24-16-9-5-4-8-15(16)19(21)22/h4-5,8-9H,2-3,6-7,10-14H2,1H3,(H,18,20). The third kappa shape index (κ3) is 8.47. The molecule has 7 heteroatoms. The van der Waals surface area contributed by atoms with Crippen molar-refractivity contribution in [1.29, 1.82) is 0 Å². The van der Waals surface area contributed by atoms with Crippen molar-refractivity contribution in [3.8, 4) is 5.75 Å². The number of carbonyl (C=O) groups is 1. The monoisotopic (exact) mass is 338 g/mol. The van der Waals surface area contributed by atoms with Crippen molar-refractivity contribution < 1.29 is 19.2 Å². The number of rotatable bonds is 13. The molecule has 0 heterocycles. The molecule has 1 amide bonds. The molecule has 0 saturated carbocycles. The number of nitrogens with one attached hydrogen (secondary N) is 1. The summed E-state index contributed by atoms with van der Waals surface area (Å²) in [5.41, 5.74) is -0.0648. The quantitative estimate of drug-likeness (QED) is 0.339. The zero-order valence-electron chi connectivity index (χ0n) is 14.2. The molecule has 0 atom stereocenters. The van der Waals surface area contributed by atoms with Gasteiger partial charge in [0.15, 0.2) is 5.75 Å². The minimum absolute atomic E-state index is 0.0466. The molecule has 1 aromatic carbocycles. The van der Waals surface area contributed by atoms with Gasteiger partial charge >= 0.3 is 5.69 Å². The van der Waals surface area contributed by atoms with Gasteiger partial charge in [0.05, 0.1) is 11.5 Å². The lowest BCUT2D eigenvalue weighted by atomic mass is 10.3. The third-order valence-corrected chi connectivity index (χ3v) is 3.30. The number of amides is 1.